The zero-order chi connectivity index (χ0) is 15.0. The van der Waals surface area contributed by atoms with Crippen LogP contribution in [0.15, 0.2) is 17.8 Å². The maximum absolute atomic E-state index is 11.8. The molecular weight excluding hydrogens is 254 g/mol. The molecule has 0 spiro atoms. The van der Waals surface area contributed by atoms with E-state index in [-0.39, 0.29) is 17.6 Å². The van der Waals surface area contributed by atoms with Crippen molar-refractivity contribution in [2.24, 2.45) is 5.10 Å². The molecule has 0 aromatic rings. The molecular formula is C15H25N3O2. The molecule has 0 aliphatic carbocycles. The Morgan fingerprint density at radius 3 is 2.85 bits per heavy atom. The Labute approximate surface area is 121 Å². The van der Waals surface area contributed by atoms with Crippen LogP contribution in [0.4, 0.5) is 0 Å². The maximum Gasteiger partial charge on any atom is 0.177 e. The largest absolute Gasteiger partial charge is 0.303 e. The van der Waals surface area contributed by atoms with Crippen molar-refractivity contribution >= 4 is 17.3 Å². The summed E-state index contributed by atoms with van der Waals surface area (Å²) in [5.74, 6) is 0.141. The fourth-order valence-corrected chi connectivity index (χ4v) is 2.22. The number of hydrogen-bond donors (Lipinski definition) is 1. The second-order valence-electron chi connectivity index (χ2n) is 5.13. The summed E-state index contributed by atoms with van der Waals surface area (Å²) in [5, 5.41) is 9.17. The van der Waals surface area contributed by atoms with Gasteiger partial charge in [-0.05, 0) is 6.42 Å². The summed E-state index contributed by atoms with van der Waals surface area (Å²) in [6, 6.07) is -0.103. The SMILES string of the molecule is C=CCNC1CN(CC(=O)CCCCC)N=C1C(C)=O. The van der Waals surface area contributed by atoms with Gasteiger partial charge < -0.3 is 5.32 Å². The zero-order valence-corrected chi connectivity index (χ0v) is 12.5. The summed E-state index contributed by atoms with van der Waals surface area (Å²) in [5.41, 5.74) is 0.508. The van der Waals surface area contributed by atoms with Gasteiger partial charge in [-0.1, -0.05) is 25.8 Å². The topological polar surface area (TPSA) is 61.8 Å². The number of hydrogen-bond acceptors (Lipinski definition) is 5. The first-order chi connectivity index (χ1) is 9.58. The van der Waals surface area contributed by atoms with Crippen LogP contribution < -0.4 is 5.32 Å². The number of rotatable bonds is 10. The highest BCUT2D eigenvalue weighted by molar-refractivity contribution is 6.41. The van der Waals surface area contributed by atoms with Crippen LogP contribution in [-0.2, 0) is 9.59 Å². The van der Waals surface area contributed by atoms with Crippen molar-refractivity contribution in [2.45, 2.75) is 45.6 Å². The molecule has 0 fully saturated rings. The molecule has 1 N–H and O–H groups in total. The van der Waals surface area contributed by atoms with Crippen molar-refractivity contribution in [1.82, 2.24) is 10.3 Å². The number of unbranched alkanes of at least 4 members (excludes halogenated alkanes) is 2. The van der Waals surface area contributed by atoms with Gasteiger partial charge in [0.25, 0.3) is 0 Å². The van der Waals surface area contributed by atoms with Crippen LogP contribution in [0.25, 0.3) is 0 Å². The number of Topliss-reactive ketones (excluding diaryl/α,β-unsaturated/α-hetero) is 2. The van der Waals surface area contributed by atoms with E-state index in [2.05, 4.69) is 23.9 Å². The van der Waals surface area contributed by atoms with E-state index in [0.29, 0.717) is 31.8 Å². The average molecular weight is 279 g/mol. The highest BCUT2D eigenvalue weighted by Gasteiger charge is 2.29. The first kappa shape index (κ1) is 16.6. The third-order valence-corrected chi connectivity index (χ3v) is 3.26. The van der Waals surface area contributed by atoms with Gasteiger partial charge in [0.05, 0.1) is 19.1 Å². The van der Waals surface area contributed by atoms with E-state index in [1.807, 2.05) is 0 Å². The van der Waals surface area contributed by atoms with Gasteiger partial charge in [0.2, 0.25) is 0 Å². The Balaban J connectivity index is 2.49. The summed E-state index contributed by atoms with van der Waals surface area (Å²) in [6.45, 7) is 8.76. The van der Waals surface area contributed by atoms with Gasteiger partial charge in [0.1, 0.15) is 5.71 Å². The van der Waals surface area contributed by atoms with E-state index in [0.717, 1.165) is 19.3 Å². The van der Waals surface area contributed by atoms with Crippen molar-refractivity contribution in [1.29, 1.82) is 0 Å². The van der Waals surface area contributed by atoms with Crippen LogP contribution in [0.2, 0.25) is 0 Å². The van der Waals surface area contributed by atoms with Gasteiger partial charge in [0, 0.05) is 19.9 Å². The van der Waals surface area contributed by atoms with Crippen molar-refractivity contribution in [2.75, 3.05) is 19.6 Å². The van der Waals surface area contributed by atoms with Crippen molar-refractivity contribution in [3.05, 3.63) is 12.7 Å². The van der Waals surface area contributed by atoms with Gasteiger partial charge in [0.15, 0.2) is 11.6 Å². The third kappa shape index (κ3) is 5.25. The van der Waals surface area contributed by atoms with Gasteiger partial charge in [-0.2, -0.15) is 5.10 Å². The molecule has 1 heterocycles. The van der Waals surface area contributed by atoms with Crippen LogP contribution >= 0.6 is 0 Å². The monoisotopic (exact) mass is 279 g/mol. The summed E-state index contributed by atoms with van der Waals surface area (Å²) in [7, 11) is 0. The second-order valence-corrected chi connectivity index (χ2v) is 5.13. The van der Waals surface area contributed by atoms with E-state index in [1.54, 1.807) is 11.1 Å². The van der Waals surface area contributed by atoms with Crippen molar-refractivity contribution < 1.29 is 9.59 Å². The van der Waals surface area contributed by atoms with E-state index in [4.69, 9.17) is 0 Å². The summed E-state index contributed by atoms with van der Waals surface area (Å²) >= 11 is 0. The highest BCUT2D eigenvalue weighted by atomic mass is 16.1. The minimum Gasteiger partial charge on any atom is -0.303 e. The minimum absolute atomic E-state index is 0.0486. The van der Waals surface area contributed by atoms with Gasteiger partial charge in [-0.15, -0.1) is 6.58 Å². The van der Waals surface area contributed by atoms with Crippen molar-refractivity contribution in [3.63, 3.8) is 0 Å². The number of carbonyl (C=O) groups excluding carboxylic acids is 2. The Hall–Kier alpha value is -1.49. The number of nitrogens with one attached hydrogen (secondary N) is 1. The lowest BCUT2D eigenvalue weighted by molar-refractivity contribution is -0.120. The lowest BCUT2D eigenvalue weighted by atomic mass is 10.1. The smallest absolute Gasteiger partial charge is 0.177 e. The van der Waals surface area contributed by atoms with Crippen LogP contribution in [0, 0.1) is 0 Å². The third-order valence-electron chi connectivity index (χ3n) is 3.26. The van der Waals surface area contributed by atoms with E-state index in [1.165, 1.54) is 6.92 Å². The zero-order valence-electron chi connectivity index (χ0n) is 12.5. The molecule has 0 amide bonds. The predicted octanol–water partition coefficient (Wildman–Crippen LogP) is 1.54. The second kappa shape index (κ2) is 8.64. The predicted molar refractivity (Wildman–Crippen MR) is 80.8 cm³/mol. The molecule has 112 valence electrons. The van der Waals surface area contributed by atoms with Crippen LogP contribution in [0.5, 0.6) is 0 Å². The lowest BCUT2D eigenvalue weighted by Crippen LogP contribution is -2.41. The average Bonchev–Trinajstić information content (AvgIpc) is 2.79. The normalized spacial score (nSPS) is 18.0. The number of nitrogens with zero attached hydrogens (tertiary/aromatic N) is 2. The summed E-state index contributed by atoms with van der Waals surface area (Å²) < 4.78 is 0. The van der Waals surface area contributed by atoms with Crippen LogP contribution in [0.1, 0.15) is 39.5 Å². The van der Waals surface area contributed by atoms with E-state index < -0.39 is 0 Å². The lowest BCUT2D eigenvalue weighted by Gasteiger charge is -2.15. The van der Waals surface area contributed by atoms with Gasteiger partial charge >= 0.3 is 0 Å². The van der Waals surface area contributed by atoms with Crippen molar-refractivity contribution in [3.8, 4) is 0 Å². The fraction of sp³-hybridized carbons (Fsp3) is 0.667. The van der Waals surface area contributed by atoms with Gasteiger partial charge in [-0.25, -0.2) is 0 Å². The van der Waals surface area contributed by atoms with E-state index >= 15 is 0 Å². The molecule has 0 aromatic heterocycles. The first-order valence-corrected chi connectivity index (χ1v) is 7.28. The molecule has 0 bridgehead atoms. The Morgan fingerprint density at radius 2 is 2.25 bits per heavy atom. The molecule has 1 atom stereocenters. The first-order valence-electron chi connectivity index (χ1n) is 7.28. The van der Waals surface area contributed by atoms with Crippen LogP contribution in [-0.4, -0.2) is 48.0 Å². The Bertz CT molecular complexity index is 391. The summed E-state index contributed by atoms with van der Waals surface area (Å²) in [6.07, 6.45) is 5.47. The number of hydrazone groups is 1. The molecule has 0 saturated carbocycles. The molecule has 0 saturated heterocycles. The highest BCUT2D eigenvalue weighted by Crippen LogP contribution is 2.10. The van der Waals surface area contributed by atoms with Gasteiger partial charge in [-0.3, -0.25) is 14.6 Å². The standard InChI is InChI=1S/C15H25N3O2/c1-4-6-7-8-13(20)10-18-11-14(16-9-5-2)15(17-18)12(3)19/h5,14,16H,2,4,6-11H2,1,3H3. The molecule has 1 aliphatic rings. The molecule has 0 aromatic carbocycles. The molecule has 1 unspecified atom stereocenters. The molecule has 1 rings (SSSR count). The summed E-state index contributed by atoms with van der Waals surface area (Å²) in [4.78, 5) is 23.4. The molecule has 5 heteroatoms. The fourth-order valence-electron chi connectivity index (χ4n) is 2.22. The maximum atomic E-state index is 11.8. The molecule has 1 aliphatic heterocycles. The van der Waals surface area contributed by atoms with Crippen LogP contribution in [0.3, 0.4) is 0 Å². The molecule has 5 nitrogen and oxygen atoms in total. The Kier molecular flexibility index (Phi) is 7.15. The number of ketones is 2. The molecule has 20 heavy (non-hydrogen) atoms. The number of carbonyl (C=O) groups is 2. The Morgan fingerprint density at radius 1 is 1.50 bits per heavy atom. The quantitative estimate of drug-likeness (QED) is 0.487. The molecule has 0 radical (unpaired) electrons. The van der Waals surface area contributed by atoms with E-state index in [9.17, 15) is 9.59 Å². The minimum atomic E-state index is -0.103.